The molecule has 2 aromatic carbocycles. The molecule has 1 N–H and O–H groups in total. The van der Waals surface area contributed by atoms with E-state index < -0.39 is 11.4 Å². The zero-order chi connectivity index (χ0) is 18.0. The number of fused-ring (bicyclic) bond motifs is 1. The summed E-state index contributed by atoms with van der Waals surface area (Å²) in [4.78, 5) is 29.2. The third-order valence-electron chi connectivity index (χ3n) is 3.73. The number of carbonyl (C=O) groups excluding carboxylic acids is 1. The van der Waals surface area contributed by atoms with Crippen molar-refractivity contribution < 1.29 is 9.18 Å². The Morgan fingerprint density at radius 2 is 1.96 bits per heavy atom. The first-order chi connectivity index (χ1) is 12.0. The smallest absolute Gasteiger partial charge is 0.273 e. The van der Waals surface area contributed by atoms with E-state index in [0.29, 0.717) is 17.3 Å². The summed E-state index contributed by atoms with van der Waals surface area (Å²) >= 11 is 5.82. The van der Waals surface area contributed by atoms with Gasteiger partial charge in [0.15, 0.2) is 0 Å². The van der Waals surface area contributed by atoms with Gasteiger partial charge in [0.1, 0.15) is 11.6 Å². The predicted molar refractivity (Wildman–Crippen MR) is 94.9 cm³/mol. The fourth-order valence-corrected chi connectivity index (χ4v) is 2.64. The van der Waals surface area contributed by atoms with E-state index in [1.54, 1.807) is 31.2 Å². The molecule has 5 nitrogen and oxygen atoms in total. The Bertz CT molecular complexity index is 1000. The molecule has 0 fully saturated rings. The van der Waals surface area contributed by atoms with Gasteiger partial charge in [-0.15, -0.1) is 0 Å². The molecule has 128 valence electrons. The van der Waals surface area contributed by atoms with Crippen LogP contribution in [-0.2, 0) is 17.6 Å². The highest BCUT2D eigenvalue weighted by atomic mass is 35.5. The monoisotopic (exact) mass is 359 g/mol. The van der Waals surface area contributed by atoms with Gasteiger partial charge in [-0.3, -0.25) is 15.0 Å². The molecule has 25 heavy (non-hydrogen) atoms. The average molecular weight is 360 g/mol. The Hall–Kier alpha value is -2.73. The minimum Gasteiger partial charge on any atom is -0.273 e. The lowest BCUT2D eigenvalue weighted by Gasteiger charge is -2.13. The van der Waals surface area contributed by atoms with Crippen molar-refractivity contribution in [1.29, 1.82) is 0 Å². The molecule has 0 saturated carbocycles. The van der Waals surface area contributed by atoms with Gasteiger partial charge in [0, 0.05) is 17.5 Å². The van der Waals surface area contributed by atoms with Crippen molar-refractivity contribution in [2.75, 3.05) is 5.43 Å². The second-order valence-electron chi connectivity index (χ2n) is 5.52. The molecule has 3 aromatic rings. The molecule has 0 unspecified atom stereocenters. The molecule has 1 amide bonds. The van der Waals surface area contributed by atoms with Crippen molar-refractivity contribution >= 4 is 28.4 Å². The van der Waals surface area contributed by atoms with Crippen LogP contribution in [0.15, 0.2) is 47.3 Å². The number of halogens is 2. The first-order valence-corrected chi connectivity index (χ1v) is 8.11. The quantitative estimate of drug-likeness (QED) is 0.778. The van der Waals surface area contributed by atoms with Gasteiger partial charge in [-0.2, -0.15) is 0 Å². The van der Waals surface area contributed by atoms with Crippen LogP contribution in [0, 0.1) is 5.82 Å². The molecule has 0 aliphatic carbocycles. The summed E-state index contributed by atoms with van der Waals surface area (Å²) in [5, 5.41) is 0.824. The molecule has 0 aliphatic rings. The van der Waals surface area contributed by atoms with Crippen LogP contribution in [0.4, 0.5) is 4.39 Å². The number of aromatic nitrogens is 2. The molecule has 3 rings (SSSR count). The summed E-state index contributed by atoms with van der Waals surface area (Å²) in [6.07, 6.45) is 0.497. The van der Waals surface area contributed by atoms with Gasteiger partial charge in [-0.1, -0.05) is 30.7 Å². The molecule has 7 heteroatoms. The highest BCUT2D eigenvalue weighted by molar-refractivity contribution is 6.30. The average Bonchev–Trinajstić information content (AvgIpc) is 2.59. The molecular formula is C18H15ClFN3O2. The summed E-state index contributed by atoms with van der Waals surface area (Å²) in [6.45, 7) is 1.80. The molecule has 0 aliphatic heterocycles. The number of carbonyl (C=O) groups is 1. The minimum atomic E-state index is -0.467. The van der Waals surface area contributed by atoms with Crippen molar-refractivity contribution in [1.82, 2.24) is 9.66 Å². The van der Waals surface area contributed by atoms with E-state index in [1.807, 2.05) is 0 Å². The highest BCUT2D eigenvalue weighted by Gasteiger charge is 2.13. The molecular weight excluding hydrogens is 345 g/mol. The van der Waals surface area contributed by atoms with Gasteiger partial charge in [-0.25, -0.2) is 14.1 Å². The zero-order valence-corrected chi connectivity index (χ0v) is 14.2. The second-order valence-corrected chi connectivity index (χ2v) is 5.96. The van der Waals surface area contributed by atoms with E-state index >= 15 is 0 Å². The van der Waals surface area contributed by atoms with E-state index in [-0.39, 0.29) is 23.2 Å². The van der Waals surface area contributed by atoms with Crippen molar-refractivity contribution in [3.63, 3.8) is 0 Å². The number of nitrogens with one attached hydrogen (secondary N) is 1. The fraction of sp³-hybridized carbons (Fsp3) is 0.167. The molecule has 0 radical (unpaired) electrons. The molecule has 0 spiro atoms. The third-order valence-corrected chi connectivity index (χ3v) is 3.98. The summed E-state index contributed by atoms with van der Waals surface area (Å²) in [5.74, 6) is -0.471. The van der Waals surface area contributed by atoms with Crippen LogP contribution in [0.2, 0.25) is 5.02 Å². The lowest BCUT2D eigenvalue weighted by molar-refractivity contribution is -0.116. The van der Waals surface area contributed by atoms with Gasteiger partial charge >= 0.3 is 0 Å². The first-order valence-electron chi connectivity index (χ1n) is 7.73. The number of hydrogen-bond donors (Lipinski definition) is 1. The van der Waals surface area contributed by atoms with Crippen LogP contribution in [0.3, 0.4) is 0 Å². The number of amides is 1. The van der Waals surface area contributed by atoms with E-state index in [1.165, 1.54) is 18.2 Å². The minimum absolute atomic E-state index is 0.0915. The summed E-state index contributed by atoms with van der Waals surface area (Å²) in [5.41, 5.74) is 3.17. The fourth-order valence-electron chi connectivity index (χ4n) is 2.51. The van der Waals surface area contributed by atoms with Crippen LogP contribution >= 0.6 is 11.6 Å². The van der Waals surface area contributed by atoms with Gasteiger partial charge in [-0.05, 0) is 29.8 Å². The Morgan fingerprint density at radius 1 is 1.24 bits per heavy atom. The Morgan fingerprint density at radius 3 is 2.64 bits per heavy atom. The Labute approximate surface area is 148 Å². The summed E-state index contributed by atoms with van der Waals surface area (Å²) < 4.78 is 14.5. The molecule has 1 heterocycles. The van der Waals surface area contributed by atoms with E-state index in [0.717, 1.165) is 10.2 Å². The maximum atomic E-state index is 13.4. The maximum Gasteiger partial charge on any atom is 0.280 e. The number of rotatable bonds is 4. The third kappa shape index (κ3) is 3.69. The number of nitrogens with zero attached hydrogens (tertiary/aromatic N) is 2. The maximum absolute atomic E-state index is 13.4. The van der Waals surface area contributed by atoms with Gasteiger partial charge in [0.05, 0.1) is 17.3 Å². The molecule has 0 saturated heterocycles. The Kier molecular flexibility index (Phi) is 4.81. The number of hydrogen-bond acceptors (Lipinski definition) is 3. The van der Waals surface area contributed by atoms with Crippen molar-refractivity contribution in [2.45, 2.75) is 19.8 Å². The van der Waals surface area contributed by atoms with Crippen LogP contribution in [-0.4, -0.2) is 15.6 Å². The van der Waals surface area contributed by atoms with Crippen molar-refractivity contribution in [3.05, 3.63) is 75.0 Å². The van der Waals surface area contributed by atoms with Crippen LogP contribution in [0.25, 0.3) is 10.9 Å². The standard InChI is InChI=1S/C18H15ClFN3O2/c1-2-16-21-15-10-13(20)7-8-14(15)18(25)23(16)22-17(24)9-11-3-5-12(19)6-4-11/h3-8,10H,2,9H2,1H3,(H,22,24). The normalized spacial score (nSPS) is 10.8. The lowest BCUT2D eigenvalue weighted by atomic mass is 10.1. The topological polar surface area (TPSA) is 64.0 Å². The van der Waals surface area contributed by atoms with E-state index in [2.05, 4.69) is 10.4 Å². The number of aryl methyl sites for hydroxylation is 1. The van der Waals surface area contributed by atoms with Crippen LogP contribution in [0.5, 0.6) is 0 Å². The second kappa shape index (κ2) is 7.03. The molecule has 0 atom stereocenters. The summed E-state index contributed by atoms with van der Waals surface area (Å²) in [7, 11) is 0. The van der Waals surface area contributed by atoms with Crippen LogP contribution in [0.1, 0.15) is 18.3 Å². The predicted octanol–water partition coefficient (Wildman–Crippen LogP) is 3.06. The highest BCUT2D eigenvalue weighted by Crippen LogP contribution is 2.12. The van der Waals surface area contributed by atoms with Crippen molar-refractivity contribution in [3.8, 4) is 0 Å². The SMILES string of the molecule is CCc1nc2cc(F)ccc2c(=O)n1NC(=O)Cc1ccc(Cl)cc1. The molecule has 0 bridgehead atoms. The zero-order valence-electron chi connectivity index (χ0n) is 13.4. The lowest BCUT2D eigenvalue weighted by Crippen LogP contribution is -2.37. The van der Waals surface area contributed by atoms with Crippen LogP contribution < -0.4 is 11.0 Å². The molecule has 1 aromatic heterocycles. The van der Waals surface area contributed by atoms with Gasteiger partial charge in [0.2, 0.25) is 5.91 Å². The summed E-state index contributed by atoms with van der Waals surface area (Å²) in [6, 6.07) is 10.6. The van der Waals surface area contributed by atoms with Crippen molar-refractivity contribution in [2.24, 2.45) is 0 Å². The first kappa shape index (κ1) is 17.1. The number of benzene rings is 2. The van der Waals surface area contributed by atoms with E-state index in [9.17, 15) is 14.0 Å². The van der Waals surface area contributed by atoms with Gasteiger partial charge in [0.25, 0.3) is 5.56 Å². The van der Waals surface area contributed by atoms with Gasteiger partial charge < -0.3 is 0 Å². The Balaban J connectivity index is 1.93. The largest absolute Gasteiger partial charge is 0.280 e. The van der Waals surface area contributed by atoms with E-state index in [4.69, 9.17) is 11.6 Å².